The van der Waals surface area contributed by atoms with Crippen LogP contribution >= 0.6 is 53.7 Å². The highest BCUT2D eigenvalue weighted by atomic mass is 35.5. The first-order chi connectivity index (χ1) is 27.9. The van der Waals surface area contributed by atoms with Crippen molar-refractivity contribution >= 4 is 81.8 Å². The fraction of sp³-hybridized carbons (Fsp3) is 0.526. The predicted octanol–water partition coefficient (Wildman–Crippen LogP) is 13.1. The van der Waals surface area contributed by atoms with Crippen molar-refractivity contribution in [3.8, 4) is 0 Å². The molecule has 21 heteroatoms. The topological polar surface area (TPSA) is 0 Å². The van der Waals surface area contributed by atoms with Gasteiger partial charge in [-0.3, -0.25) is 0 Å². The molecule has 0 aliphatic heterocycles. The van der Waals surface area contributed by atoms with Gasteiger partial charge in [0.25, 0.3) is 6.42 Å². The second kappa shape index (κ2) is 21.1. The van der Waals surface area contributed by atoms with Gasteiger partial charge in [-0.1, -0.05) is 35.7 Å². The Kier molecular flexibility index (Phi) is 17.8. The average molecular weight is 962 g/mol. The van der Waals surface area contributed by atoms with E-state index < -0.39 is 134 Å². The first kappa shape index (κ1) is 49.9. The molecule has 0 amide bonds. The molecule has 6 rings (SSSR count). The normalized spacial score (nSPS) is 17.3. The number of benzene rings is 3. The van der Waals surface area contributed by atoms with Gasteiger partial charge in [-0.05, 0) is 77.0 Å². The Hall–Kier alpha value is -1.74. The molecule has 3 saturated carbocycles. The molecule has 3 aliphatic carbocycles. The van der Waals surface area contributed by atoms with Crippen LogP contribution in [0, 0.1) is 81.4 Å². The molecule has 0 bridgehead atoms. The van der Waals surface area contributed by atoms with E-state index in [1.165, 1.54) is 0 Å². The van der Waals surface area contributed by atoms with E-state index in [1.54, 1.807) is 0 Å². The predicted molar refractivity (Wildman–Crippen MR) is 205 cm³/mol. The second-order valence-corrected chi connectivity index (χ2v) is 20.6. The zero-order valence-electron chi connectivity index (χ0n) is 31.0. The van der Waals surface area contributed by atoms with Crippen LogP contribution in [0.2, 0.25) is 0 Å². The van der Waals surface area contributed by atoms with E-state index in [0.717, 1.165) is 19.3 Å². The third-order valence-corrected chi connectivity index (χ3v) is 18.2. The molecule has 3 aliphatic rings. The summed E-state index contributed by atoms with van der Waals surface area (Å²) in [6, 6.07) is 0. The minimum atomic E-state index is -6.83. The van der Waals surface area contributed by atoms with Crippen molar-refractivity contribution in [1.29, 1.82) is 0 Å². The lowest BCUT2D eigenvalue weighted by molar-refractivity contribution is 0.380. The van der Waals surface area contributed by atoms with Crippen molar-refractivity contribution in [2.45, 2.75) is 113 Å². The molecule has 0 aromatic heterocycles. The SMILES string of the molecule is ClCCl.ClCCl.Fc1c(F)c(F)c([B-](F)(c2c(F)c(F)c(F)c(F)c2F)c2c(F)c(F)c([P+](C3CCCCC3)(C3CCCCC3)C3CCCCC3)c(F)c2F)c(F)c1F. The van der Waals surface area contributed by atoms with Gasteiger partial charge in [-0.2, -0.15) is 8.78 Å². The first-order valence-corrected chi connectivity index (χ1v) is 22.9. The molecular formula is C38H37BCl4F15P. The third kappa shape index (κ3) is 8.92. The van der Waals surface area contributed by atoms with Crippen molar-refractivity contribution in [1.82, 2.24) is 0 Å². The zero-order chi connectivity index (χ0) is 44.1. The Morgan fingerprint density at radius 1 is 0.339 bits per heavy atom. The van der Waals surface area contributed by atoms with Crippen LogP contribution < -0.4 is 21.7 Å². The second-order valence-electron chi connectivity index (χ2n) is 14.7. The van der Waals surface area contributed by atoms with Crippen molar-refractivity contribution in [2.24, 2.45) is 0 Å². The monoisotopic (exact) mass is 960 g/mol. The molecule has 0 heterocycles. The van der Waals surface area contributed by atoms with Crippen LogP contribution in [-0.4, -0.2) is 34.1 Å². The highest BCUT2D eigenvalue weighted by Gasteiger charge is 2.63. The number of hydrogen-bond acceptors (Lipinski definition) is 0. The Labute approximate surface area is 351 Å². The summed E-state index contributed by atoms with van der Waals surface area (Å²) in [4.78, 5) is 0. The molecule has 0 unspecified atom stereocenters. The van der Waals surface area contributed by atoms with Gasteiger partial charge in [0.2, 0.25) is 11.6 Å². The lowest BCUT2D eigenvalue weighted by Gasteiger charge is -2.49. The molecule has 3 fully saturated rings. The fourth-order valence-electron chi connectivity index (χ4n) is 9.67. The Morgan fingerprint density at radius 2 is 0.525 bits per heavy atom. The number of alkyl halides is 4. The van der Waals surface area contributed by atoms with Crippen LogP contribution in [0.5, 0.6) is 0 Å². The Bertz CT molecular complexity index is 1770. The Morgan fingerprint density at radius 3 is 0.746 bits per heavy atom. The minimum Gasteiger partial charge on any atom is -0.498 e. The van der Waals surface area contributed by atoms with Crippen LogP contribution in [0.4, 0.5) is 65.8 Å². The number of halogens is 19. The minimum absolute atomic E-state index is 0.194. The van der Waals surface area contributed by atoms with Crippen LogP contribution in [0.1, 0.15) is 96.3 Å². The van der Waals surface area contributed by atoms with Gasteiger partial charge in [-0.25, -0.2) is 52.7 Å². The van der Waals surface area contributed by atoms with Gasteiger partial charge in [0, 0.05) is 0 Å². The molecule has 0 radical (unpaired) electrons. The summed E-state index contributed by atoms with van der Waals surface area (Å²) in [6.07, 6.45) is 1.56. The van der Waals surface area contributed by atoms with E-state index in [4.69, 9.17) is 46.4 Å². The number of rotatable bonds is 7. The highest BCUT2D eigenvalue weighted by Crippen LogP contribution is 2.77. The van der Waals surface area contributed by atoms with Crippen LogP contribution in [0.25, 0.3) is 0 Å². The maximum atomic E-state index is 17.8. The first-order valence-electron chi connectivity index (χ1n) is 18.7. The van der Waals surface area contributed by atoms with E-state index in [-0.39, 0.29) is 10.7 Å². The molecule has 0 N–H and O–H groups in total. The van der Waals surface area contributed by atoms with Gasteiger partial charge in [0.1, 0.15) is 34.9 Å². The molecular weight excluding hydrogens is 925 g/mol. The van der Waals surface area contributed by atoms with E-state index in [9.17, 15) is 26.3 Å². The summed E-state index contributed by atoms with van der Waals surface area (Å²) in [6.45, 7) is 0. The summed E-state index contributed by atoms with van der Waals surface area (Å²) in [7, 11) is -3.48. The molecule has 3 aromatic carbocycles. The molecule has 330 valence electrons. The zero-order valence-corrected chi connectivity index (χ0v) is 34.9. The summed E-state index contributed by atoms with van der Waals surface area (Å²) in [5, 5.41) is -0.685. The average Bonchev–Trinajstić information content (AvgIpc) is 3.23. The lowest BCUT2D eigenvalue weighted by atomic mass is 9.30. The van der Waals surface area contributed by atoms with E-state index >= 15 is 39.4 Å². The van der Waals surface area contributed by atoms with Crippen molar-refractivity contribution in [2.75, 3.05) is 10.7 Å². The van der Waals surface area contributed by atoms with Crippen molar-refractivity contribution < 1.29 is 65.8 Å². The quantitative estimate of drug-likeness (QED) is 0.0553. The summed E-state index contributed by atoms with van der Waals surface area (Å²) in [5.41, 5.74) is -10.6. The standard InChI is InChI=1S/C36H33BF15P.2CH2Cl2/c38-22-19(23(39)29(45)32(48)28(22)44)37(52,20-24(40)30(46)33(49)31(47)25(20)41)21-26(42)34(50)36(35(51)27(21)43)53(16-10-4-1-5-11-16,17-12-6-2-7-13-17)18-14-8-3-9-15-18;2*2-1-3/h16-18H,1-15H2;2*1H2. The molecule has 0 saturated heterocycles. The third-order valence-electron chi connectivity index (χ3n) is 11.9. The van der Waals surface area contributed by atoms with Gasteiger partial charge in [0.15, 0.2) is 40.2 Å². The van der Waals surface area contributed by atoms with Crippen LogP contribution in [0.3, 0.4) is 0 Å². The smallest absolute Gasteiger partial charge is 0.251 e. The van der Waals surface area contributed by atoms with Gasteiger partial charge in [0.05, 0.1) is 34.9 Å². The van der Waals surface area contributed by atoms with Gasteiger partial charge < -0.3 is 4.32 Å². The largest absolute Gasteiger partial charge is 0.498 e. The van der Waals surface area contributed by atoms with Crippen molar-refractivity contribution in [3.63, 3.8) is 0 Å². The maximum Gasteiger partial charge on any atom is 0.251 e. The molecule has 0 nitrogen and oxygen atoms in total. The summed E-state index contributed by atoms with van der Waals surface area (Å²) >= 11 is 19.1. The highest BCUT2D eigenvalue weighted by molar-refractivity contribution is 7.84. The van der Waals surface area contributed by atoms with E-state index in [2.05, 4.69) is 0 Å². The Balaban J connectivity index is 0.00000121. The van der Waals surface area contributed by atoms with Crippen LogP contribution in [-0.2, 0) is 0 Å². The lowest BCUT2D eigenvalue weighted by Crippen LogP contribution is -2.70. The van der Waals surface area contributed by atoms with Gasteiger partial charge >= 0.3 is 0 Å². The van der Waals surface area contributed by atoms with E-state index in [0.29, 0.717) is 77.0 Å². The molecule has 59 heavy (non-hydrogen) atoms. The summed E-state index contributed by atoms with van der Waals surface area (Å²) in [5.74, 6) is -41.9. The number of hydrogen-bond donors (Lipinski definition) is 0. The van der Waals surface area contributed by atoms with Gasteiger partial charge in [-0.15, -0.1) is 46.4 Å². The summed E-state index contributed by atoms with van der Waals surface area (Å²) < 4.78 is 234. The van der Waals surface area contributed by atoms with E-state index in [1.807, 2.05) is 0 Å². The molecule has 0 atom stereocenters. The molecule has 0 spiro atoms. The fourth-order valence-corrected chi connectivity index (χ4v) is 17.1. The van der Waals surface area contributed by atoms with Crippen LogP contribution in [0.15, 0.2) is 0 Å². The van der Waals surface area contributed by atoms with Crippen molar-refractivity contribution in [3.05, 3.63) is 81.4 Å². The molecule has 3 aromatic rings. The maximum absolute atomic E-state index is 17.8.